The molecule has 0 spiro atoms. The number of nitrogens with zero attached hydrogens (tertiary/aromatic N) is 2. The molecule has 0 aliphatic heterocycles. The topological polar surface area (TPSA) is 17.8 Å². The molecule has 1 aromatic carbocycles. The number of rotatable bonds is 5. The van der Waals surface area contributed by atoms with Gasteiger partial charge in [-0.05, 0) is 60.7 Å². The van der Waals surface area contributed by atoms with Crippen LogP contribution in [0.3, 0.4) is 0 Å². The molecule has 0 saturated heterocycles. The van der Waals surface area contributed by atoms with Gasteiger partial charge in [0.05, 0.1) is 10.0 Å². The first-order chi connectivity index (χ1) is 12.0. The van der Waals surface area contributed by atoms with E-state index >= 15 is 0 Å². The Morgan fingerprint density at radius 2 is 1.84 bits per heavy atom. The van der Waals surface area contributed by atoms with Crippen molar-refractivity contribution in [3.05, 3.63) is 76.2 Å². The van der Waals surface area contributed by atoms with Gasteiger partial charge in [0.2, 0.25) is 0 Å². The molecule has 25 heavy (non-hydrogen) atoms. The Bertz CT molecular complexity index is 849. The molecular weight excluding hydrogens is 348 g/mol. The second-order valence-electron chi connectivity index (χ2n) is 6.63. The van der Waals surface area contributed by atoms with Gasteiger partial charge in [0.1, 0.15) is 0 Å². The van der Waals surface area contributed by atoms with Gasteiger partial charge >= 0.3 is 0 Å². The standard InChI is InChI=1S/C21H23ClN2S/c1-14(2)18-12-16(4)24(13-17-8-10-23-11-9-17)21(18)25-20-15(3)6-5-7-19(20)22/h5-12,14H,13H2,1-4H3. The highest BCUT2D eigenvalue weighted by Crippen LogP contribution is 2.41. The summed E-state index contributed by atoms with van der Waals surface area (Å²) in [6, 6.07) is 12.5. The maximum Gasteiger partial charge on any atom is 0.0837 e. The predicted molar refractivity (Wildman–Crippen MR) is 107 cm³/mol. The van der Waals surface area contributed by atoms with Gasteiger partial charge in [-0.2, -0.15) is 0 Å². The molecule has 0 radical (unpaired) electrons. The van der Waals surface area contributed by atoms with Crippen LogP contribution in [-0.4, -0.2) is 9.55 Å². The summed E-state index contributed by atoms with van der Waals surface area (Å²) in [6.45, 7) is 9.62. The Labute approximate surface area is 159 Å². The molecule has 0 bridgehead atoms. The quantitative estimate of drug-likeness (QED) is 0.511. The zero-order valence-electron chi connectivity index (χ0n) is 15.1. The van der Waals surface area contributed by atoms with Crippen LogP contribution >= 0.6 is 23.4 Å². The van der Waals surface area contributed by atoms with Gasteiger partial charge in [-0.3, -0.25) is 4.98 Å². The number of benzene rings is 1. The molecule has 0 unspecified atom stereocenters. The van der Waals surface area contributed by atoms with Gasteiger partial charge in [-0.1, -0.05) is 49.3 Å². The molecule has 2 aromatic heterocycles. The van der Waals surface area contributed by atoms with E-state index in [4.69, 9.17) is 11.6 Å². The fourth-order valence-corrected chi connectivity index (χ4v) is 4.57. The first kappa shape index (κ1) is 18.1. The van der Waals surface area contributed by atoms with Gasteiger partial charge in [-0.15, -0.1) is 0 Å². The lowest BCUT2D eigenvalue weighted by Gasteiger charge is -2.16. The second-order valence-corrected chi connectivity index (χ2v) is 8.04. The largest absolute Gasteiger partial charge is 0.335 e. The van der Waals surface area contributed by atoms with Gasteiger partial charge < -0.3 is 4.57 Å². The average molecular weight is 371 g/mol. The number of hydrogen-bond donors (Lipinski definition) is 0. The van der Waals surface area contributed by atoms with Crippen LogP contribution in [0.15, 0.2) is 58.7 Å². The first-order valence-corrected chi connectivity index (χ1v) is 9.68. The predicted octanol–water partition coefficient (Wildman–Crippen LogP) is 6.48. The van der Waals surface area contributed by atoms with E-state index in [0.717, 1.165) is 16.5 Å². The highest BCUT2D eigenvalue weighted by Gasteiger charge is 2.18. The van der Waals surface area contributed by atoms with Crippen molar-refractivity contribution in [2.45, 2.75) is 50.1 Å². The van der Waals surface area contributed by atoms with E-state index < -0.39 is 0 Å². The summed E-state index contributed by atoms with van der Waals surface area (Å²) in [7, 11) is 0. The number of halogens is 1. The number of aromatic nitrogens is 2. The Balaban J connectivity index is 2.07. The van der Waals surface area contributed by atoms with Gasteiger partial charge in [0.15, 0.2) is 0 Å². The maximum atomic E-state index is 6.49. The van der Waals surface area contributed by atoms with Crippen molar-refractivity contribution in [2.24, 2.45) is 0 Å². The van der Waals surface area contributed by atoms with E-state index in [1.165, 1.54) is 27.4 Å². The van der Waals surface area contributed by atoms with E-state index in [1.807, 2.05) is 24.5 Å². The lowest BCUT2D eigenvalue weighted by atomic mass is 10.1. The van der Waals surface area contributed by atoms with Crippen LogP contribution < -0.4 is 0 Å². The lowest BCUT2D eigenvalue weighted by Crippen LogP contribution is -2.04. The van der Waals surface area contributed by atoms with Crippen LogP contribution in [-0.2, 0) is 6.54 Å². The van der Waals surface area contributed by atoms with Crippen molar-refractivity contribution < 1.29 is 0 Å². The van der Waals surface area contributed by atoms with Gasteiger partial charge in [0.25, 0.3) is 0 Å². The van der Waals surface area contributed by atoms with Crippen LogP contribution in [0.2, 0.25) is 5.02 Å². The van der Waals surface area contributed by atoms with E-state index in [-0.39, 0.29) is 0 Å². The lowest BCUT2D eigenvalue weighted by molar-refractivity contribution is 0.689. The normalized spacial score (nSPS) is 11.3. The number of aryl methyl sites for hydroxylation is 2. The zero-order chi connectivity index (χ0) is 18.0. The van der Waals surface area contributed by atoms with E-state index in [9.17, 15) is 0 Å². The minimum absolute atomic E-state index is 0.461. The highest BCUT2D eigenvalue weighted by molar-refractivity contribution is 7.99. The molecule has 0 N–H and O–H groups in total. The monoisotopic (exact) mass is 370 g/mol. The summed E-state index contributed by atoms with van der Waals surface area (Å²) in [4.78, 5) is 5.26. The van der Waals surface area contributed by atoms with E-state index in [2.05, 4.69) is 61.5 Å². The SMILES string of the molecule is Cc1cccc(Cl)c1Sc1c(C(C)C)cc(C)n1Cc1ccncc1. The fourth-order valence-electron chi connectivity index (χ4n) is 2.92. The van der Waals surface area contributed by atoms with Crippen LogP contribution in [0.25, 0.3) is 0 Å². The average Bonchev–Trinajstić information content (AvgIpc) is 2.89. The first-order valence-electron chi connectivity index (χ1n) is 8.49. The molecule has 0 saturated carbocycles. The number of pyridine rings is 1. The minimum atomic E-state index is 0.461. The van der Waals surface area contributed by atoms with Crippen molar-refractivity contribution in [3.8, 4) is 0 Å². The van der Waals surface area contributed by atoms with Crippen molar-refractivity contribution in [1.82, 2.24) is 9.55 Å². The van der Waals surface area contributed by atoms with Crippen LogP contribution in [0.1, 0.15) is 42.1 Å². The van der Waals surface area contributed by atoms with Gasteiger partial charge in [0, 0.05) is 29.5 Å². The molecule has 4 heteroatoms. The van der Waals surface area contributed by atoms with Crippen molar-refractivity contribution >= 4 is 23.4 Å². The summed E-state index contributed by atoms with van der Waals surface area (Å²) < 4.78 is 2.39. The molecule has 3 aromatic rings. The number of hydrogen-bond acceptors (Lipinski definition) is 2. The molecule has 0 atom stereocenters. The molecule has 0 fully saturated rings. The Morgan fingerprint density at radius 1 is 1.12 bits per heavy atom. The Hall–Kier alpha value is -1.71. The van der Waals surface area contributed by atoms with Crippen LogP contribution in [0.4, 0.5) is 0 Å². The van der Waals surface area contributed by atoms with Crippen molar-refractivity contribution in [2.75, 3.05) is 0 Å². The third-order valence-corrected chi connectivity index (χ3v) is 6.18. The summed E-state index contributed by atoms with van der Waals surface area (Å²) >= 11 is 8.27. The molecule has 0 amide bonds. The van der Waals surface area contributed by atoms with Crippen LogP contribution in [0, 0.1) is 13.8 Å². The summed E-state index contributed by atoms with van der Waals surface area (Å²) in [6.07, 6.45) is 3.70. The maximum absolute atomic E-state index is 6.49. The van der Waals surface area contributed by atoms with Crippen LogP contribution in [0.5, 0.6) is 0 Å². The molecule has 2 heterocycles. The third kappa shape index (κ3) is 3.94. The summed E-state index contributed by atoms with van der Waals surface area (Å²) in [5.74, 6) is 0.461. The summed E-state index contributed by atoms with van der Waals surface area (Å²) in [5, 5.41) is 2.09. The highest BCUT2D eigenvalue weighted by atomic mass is 35.5. The second kappa shape index (κ2) is 7.67. The molecule has 3 rings (SSSR count). The van der Waals surface area contributed by atoms with Gasteiger partial charge in [-0.25, -0.2) is 0 Å². The zero-order valence-corrected chi connectivity index (χ0v) is 16.7. The molecule has 130 valence electrons. The molecular formula is C21H23ClN2S. The fraction of sp³-hybridized carbons (Fsp3) is 0.286. The minimum Gasteiger partial charge on any atom is -0.335 e. The van der Waals surface area contributed by atoms with E-state index in [1.54, 1.807) is 11.8 Å². The summed E-state index contributed by atoms with van der Waals surface area (Å²) in [5.41, 5.74) is 5.10. The Kier molecular flexibility index (Phi) is 5.55. The molecule has 0 aliphatic carbocycles. The van der Waals surface area contributed by atoms with Crippen molar-refractivity contribution in [1.29, 1.82) is 0 Å². The van der Waals surface area contributed by atoms with Crippen molar-refractivity contribution in [3.63, 3.8) is 0 Å². The van der Waals surface area contributed by atoms with E-state index in [0.29, 0.717) is 5.92 Å². The smallest absolute Gasteiger partial charge is 0.0837 e. The third-order valence-electron chi connectivity index (χ3n) is 4.36. The molecule has 2 nitrogen and oxygen atoms in total. The molecule has 0 aliphatic rings. The Morgan fingerprint density at radius 3 is 2.48 bits per heavy atom.